The number of benzene rings is 2. The fourth-order valence-corrected chi connectivity index (χ4v) is 11.8. The van der Waals surface area contributed by atoms with E-state index in [2.05, 4.69) is 68.7 Å². The zero-order valence-electron chi connectivity index (χ0n) is 16.8. The van der Waals surface area contributed by atoms with E-state index in [4.69, 9.17) is 0 Å². The van der Waals surface area contributed by atoms with E-state index >= 15 is 0 Å². The zero-order chi connectivity index (χ0) is 19.0. The molecule has 0 bridgehead atoms. The van der Waals surface area contributed by atoms with Crippen LogP contribution in [0.2, 0.25) is 32.2 Å². The van der Waals surface area contributed by atoms with Gasteiger partial charge in [0.15, 0.2) is 0 Å². The third-order valence-electron chi connectivity index (χ3n) is 7.02. The fourth-order valence-electron chi connectivity index (χ4n) is 5.50. The van der Waals surface area contributed by atoms with Crippen molar-refractivity contribution in [1.82, 2.24) is 0 Å². The second-order valence-electron chi connectivity index (χ2n) is 9.52. The lowest BCUT2D eigenvalue weighted by atomic mass is 9.98. The van der Waals surface area contributed by atoms with Crippen LogP contribution in [0.1, 0.15) is 23.1 Å². The third kappa shape index (κ3) is 2.38. The Hall–Kier alpha value is -1.69. The van der Waals surface area contributed by atoms with Crippen molar-refractivity contribution in [3.8, 4) is 11.1 Å². The van der Waals surface area contributed by atoms with E-state index in [1.165, 1.54) is 16.7 Å². The molecule has 0 amide bonds. The first-order valence-electron chi connectivity index (χ1n) is 10.2. The Morgan fingerprint density at radius 2 is 1.81 bits per heavy atom. The first-order chi connectivity index (χ1) is 12.9. The Morgan fingerprint density at radius 1 is 1.04 bits per heavy atom. The van der Waals surface area contributed by atoms with E-state index < -0.39 is 16.1 Å². The fraction of sp³-hybridized carbons (Fsp3) is 0.333. The van der Waals surface area contributed by atoms with Crippen molar-refractivity contribution >= 4 is 32.1 Å². The number of hydrogen-bond donors (Lipinski definition) is 1. The van der Waals surface area contributed by atoms with Crippen molar-refractivity contribution in [3.63, 3.8) is 0 Å². The molecule has 0 fully saturated rings. The summed E-state index contributed by atoms with van der Waals surface area (Å²) in [6, 6.07) is 12.5. The van der Waals surface area contributed by atoms with Crippen LogP contribution in [0.15, 0.2) is 47.7 Å². The molecule has 0 atom stereocenters. The van der Waals surface area contributed by atoms with Crippen LogP contribution in [0.5, 0.6) is 0 Å². The Morgan fingerprint density at radius 3 is 2.59 bits per heavy atom. The van der Waals surface area contributed by atoms with Gasteiger partial charge in [-0.2, -0.15) is 0 Å². The second kappa shape index (κ2) is 5.66. The Kier molecular flexibility index (Phi) is 3.65. The monoisotopic (exact) mass is 388 g/mol. The molecule has 2 aromatic carbocycles. The average Bonchev–Trinajstić information content (AvgIpc) is 3.01. The lowest BCUT2D eigenvalue weighted by Crippen LogP contribution is -2.30. The van der Waals surface area contributed by atoms with E-state index in [1.54, 1.807) is 32.3 Å². The third-order valence-corrected chi connectivity index (χ3v) is 13.7. The summed E-state index contributed by atoms with van der Waals surface area (Å²) in [5.74, 6) is 0. The van der Waals surface area contributed by atoms with Gasteiger partial charge in [-0.05, 0) is 63.5 Å². The van der Waals surface area contributed by atoms with Gasteiger partial charge in [0.2, 0.25) is 0 Å². The summed E-state index contributed by atoms with van der Waals surface area (Å²) in [5, 5.41) is 14.6. The predicted molar refractivity (Wildman–Crippen MR) is 121 cm³/mol. The number of allylic oxidation sites excluding steroid dienone is 4. The molecule has 0 aromatic heterocycles. The largest absolute Gasteiger partial charge is 0.397 e. The van der Waals surface area contributed by atoms with Crippen LogP contribution in [-0.2, 0) is 6.42 Å². The molecular weight excluding hydrogens is 360 g/mol. The Balaban J connectivity index is 1.73. The molecule has 138 valence electrons. The summed E-state index contributed by atoms with van der Waals surface area (Å²) in [7, 11) is -3.01. The molecule has 0 radical (unpaired) electrons. The maximum atomic E-state index is 9.60. The second-order valence-corrected chi connectivity index (χ2v) is 18.6. The summed E-state index contributed by atoms with van der Waals surface area (Å²) in [5.41, 5.74) is 9.20. The number of fused-ring (bicyclic) bond motifs is 5. The minimum atomic E-state index is -1.60. The van der Waals surface area contributed by atoms with Gasteiger partial charge in [-0.3, -0.25) is 0 Å². The summed E-state index contributed by atoms with van der Waals surface area (Å²) in [4.78, 5) is 0. The summed E-state index contributed by atoms with van der Waals surface area (Å²) < 4.78 is 0. The van der Waals surface area contributed by atoms with Gasteiger partial charge in [-0.1, -0.05) is 73.0 Å². The molecule has 1 N–H and O–H groups in total. The van der Waals surface area contributed by atoms with Crippen LogP contribution in [0, 0.1) is 0 Å². The van der Waals surface area contributed by atoms with Gasteiger partial charge in [0.1, 0.15) is 8.07 Å². The van der Waals surface area contributed by atoms with Gasteiger partial charge >= 0.3 is 0 Å². The first-order valence-corrected chi connectivity index (χ1v) is 16.4. The van der Waals surface area contributed by atoms with Crippen molar-refractivity contribution in [2.45, 2.75) is 45.1 Å². The number of aliphatic hydroxyl groups excluding tert-OH is 1. The number of aliphatic hydroxyl groups is 1. The smallest absolute Gasteiger partial charge is 0.113 e. The maximum Gasteiger partial charge on any atom is 0.113 e. The van der Waals surface area contributed by atoms with E-state index in [-0.39, 0.29) is 0 Å². The molecule has 0 saturated carbocycles. The van der Waals surface area contributed by atoms with Crippen molar-refractivity contribution in [2.75, 3.05) is 6.61 Å². The number of hydrogen-bond acceptors (Lipinski definition) is 1. The van der Waals surface area contributed by atoms with Crippen LogP contribution in [0.4, 0.5) is 0 Å². The van der Waals surface area contributed by atoms with E-state index in [0.29, 0.717) is 6.61 Å². The molecule has 0 unspecified atom stereocenters. The predicted octanol–water partition coefficient (Wildman–Crippen LogP) is 4.35. The molecular formula is C24H28OSi2. The average molecular weight is 389 g/mol. The van der Waals surface area contributed by atoms with E-state index in [1.807, 2.05) is 0 Å². The van der Waals surface area contributed by atoms with Crippen molar-refractivity contribution in [3.05, 3.63) is 64.4 Å². The highest BCUT2D eigenvalue weighted by atomic mass is 28.3. The van der Waals surface area contributed by atoms with Crippen molar-refractivity contribution < 1.29 is 5.11 Å². The van der Waals surface area contributed by atoms with Crippen molar-refractivity contribution in [1.29, 1.82) is 0 Å². The molecule has 0 saturated heterocycles. The van der Waals surface area contributed by atoms with E-state index in [9.17, 15) is 5.11 Å². The maximum absolute atomic E-state index is 9.60. The normalized spacial score (nSPS) is 18.6. The van der Waals surface area contributed by atoms with Gasteiger partial charge in [-0.25, -0.2) is 0 Å². The molecule has 27 heavy (non-hydrogen) atoms. The standard InChI is InChI=1S/C24H28OSi2/c1-26(2,13-12-25)22-11-7-10-18(22)21-15-19-17-9-6-5-8-16(17)14-20(19)23-24(21)27(23,3)4/h5-9,11,15,25H,10,12-14H2,1-4H3. The Labute approximate surface area is 164 Å². The topological polar surface area (TPSA) is 20.2 Å². The quantitative estimate of drug-likeness (QED) is 0.659. The minimum absolute atomic E-state index is 0.305. The molecule has 2 aromatic rings. The summed E-state index contributed by atoms with van der Waals surface area (Å²) in [6.07, 6.45) is 6.91. The molecule has 1 heterocycles. The molecule has 3 aliphatic rings. The summed E-state index contributed by atoms with van der Waals surface area (Å²) in [6.45, 7) is 10.2. The van der Waals surface area contributed by atoms with E-state index in [0.717, 1.165) is 18.9 Å². The minimum Gasteiger partial charge on any atom is -0.397 e. The molecule has 1 aliphatic heterocycles. The lowest BCUT2D eigenvalue weighted by Gasteiger charge is -2.25. The lowest BCUT2D eigenvalue weighted by molar-refractivity contribution is 0.316. The van der Waals surface area contributed by atoms with Crippen LogP contribution >= 0.6 is 0 Å². The molecule has 1 nitrogen and oxygen atoms in total. The molecule has 3 heteroatoms. The first kappa shape index (κ1) is 17.4. The highest BCUT2D eigenvalue weighted by molar-refractivity contribution is 7.16. The zero-order valence-corrected chi connectivity index (χ0v) is 18.8. The SMILES string of the molecule is C[Si](C)(CCO)C1=C(c2cc3c(c4c2[Si]4(C)C)Cc2ccccc2-3)CC=C1. The van der Waals surface area contributed by atoms with Gasteiger partial charge in [0.25, 0.3) is 0 Å². The van der Waals surface area contributed by atoms with Crippen LogP contribution in [0.3, 0.4) is 0 Å². The highest BCUT2D eigenvalue weighted by Crippen LogP contribution is 2.44. The molecule has 5 rings (SSSR count). The van der Waals surface area contributed by atoms with Gasteiger partial charge < -0.3 is 5.11 Å². The van der Waals surface area contributed by atoms with Crippen LogP contribution in [0.25, 0.3) is 16.7 Å². The van der Waals surface area contributed by atoms with Gasteiger partial charge in [0.05, 0.1) is 8.07 Å². The van der Waals surface area contributed by atoms with Gasteiger partial charge in [0, 0.05) is 6.61 Å². The highest BCUT2D eigenvalue weighted by Gasteiger charge is 2.50. The molecule has 2 aliphatic carbocycles. The van der Waals surface area contributed by atoms with Crippen molar-refractivity contribution in [2.24, 2.45) is 0 Å². The van der Waals surface area contributed by atoms with Crippen LogP contribution < -0.4 is 10.4 Å². The Bertz CT molecular complexity index is 1040. The van der Waals surface area contributed by atoms with Gasteiger partial charge in [-0.15, -0.1) is 0 Å². The van der Waals surface area contributed by atoms with Crippen LogP contribution in [-0.4, -0.2) is 27.9 Å². The number of rotatable bonds is 4. The molecule has 0 spiro atoms. The summed E-state index contributed by atoms with van der Waals surface area (Å²) >= 11 is 0.